The molecule has 29 heavy (non-hydrogen) atoms. The highest BCUT2D eigenvalue weighted by Crippen LogP contribution is 2.64. The lowest BCUT2D eigenvalue weighted by molar-refractivity contribution is -0.00792. The van der Waals surface area contributed by atoms with Gasteiger partial charge in [-0.25, -0.2) is 0 Å². The second-order valence-electron chi connectivity index (χ2n) is 12.4. The van der Waals surface area contributed by atoms with Crippen LogP contribution in [-0.2, 0) is 10.8 Å². The maximum absolute atomic E-state index is 12.4. The highest BCUT2D eigenvalue weighted by atomic mass is 16.3. The molecule has 8 aliphatic carbocycles. The predicted molar refractivity (Wildman–Crippen MR) is 113 cm³/mol. The molecule has 0 unspecified atom stereocenters. The minimum atomic E-state index is 0.149. The minimum absolute atomic E-state index is 0.149. The van der Waals surface area contributed by atoms with Crippen molar-refractivity contribution in [3.8, 4) is 5.75 Å². The van der Waals surface area contributed by atoms with E-state index in [9.17, 15) is 9.90 Å². The Kier molecular flexibility index (Phi) is 3.40. The summed E-state index contributed by atoms with van der Waals surface area (Å²) in [5.41, 5.74) is 3.32. The molecule has 2 heteroatoms. The largest absolute Gasteiger partial charge is 0.507 e. The quantitative estimate of drug-likeness (QED) is 0.629. The molecule has 8 bridgehead atoms. The number of phenols is 1. The lowest BCUT2D eigenvalue weighted by Crippen LogP contribution is -2.49. The fraction of sp³-hybridized carbons (Fsp3) is 0.741. The maximum Gasteiger partial charge on any atom is 0.154 e. The third-order valence-electron chi connectivity index (χ3n) is 10.6. The number of benzene rings is 1. The van der Waals surface area contributed by atoms with Gasteiger partial charge in [-0.3, -0.25) is 4.79 Å². The first-order chi connectivity index (χ1) is 14.1. The fourth-order valence-electron chi connectivity index (χ4n) is 10.5. The zero-order valence-corrected chi connectivity index (χ0v) is 17.5. The van der Waals surface area contributed by atoms with Crippen molar-refractivity contribution in [1.29, 1.82) is 0 Å². The molecular formula is C27H34O2. The molecule has 0 aromatic heterocycles. The van der Waals surface area contributed by atoms with E-state index in [1.807, 2.05) is 0 Å². The molecule has 0 aliphatic heterocycles. The van der Waals surface area contributed by atoms with Crippen molar-refractivity contribution < 1.29 is 9.90 Å². The van der Waals surface area contributed by atoms with Gasteiger partial charge >= 0.3 is 0 Å². The van der Waals surface area contributed by atoms with Crippen LogP contribution < -0.4 is 0 Å². The summed E-state index contributed by atoms with van der Waals surface area (Å²) < 4.78 is 0. The normalized spacial score (nSPS) is 49.0. The zero-order chi connectivity index (χ0) is 19.4. The van der Waals surface area contributed by atoms with Gasteiger partial charge in [0.15, 0.2) is 6.29 Å². The van der Waals surface area contributed by atoms with Gasteiger partial charge in [0.05, 0.1) is 5.56 Å². The summed E-state index contributed by atoms with van der Waals surface area (Å²) >= 11 is 0. The molecule has 1 aromatic rings. The van der Waals surface area contributed by atoms with Gasteiger partial charge < -0.3 is 5.11 Å². The van der Waals surface area contributed by atoms with Crippen molar-refractivity contribution in [2.45, 2.75) is 87.9 Å². The van der Waals surface area contributed by atoms with Gasteiger partial charge in [0, 0.05) is 5.56 Å². The molecule has 1 N–H and O–H groups in total. The summed E-state index contributed by atoms with van der Waals surface area (Å²) in [6.45, 7) is 0. The van der Waals surface area contributed by atoms with Crippen molar-refractivity contribution in [1.82, 2.24) is 0 Å². The van der Waals surface area contributed by atoms with Crippen LogP contribution in [0.5, 0.6) is 5.75 Å². The lowest BCUT2D eigenvalue weighted by atomic mass is 9.46. The van der Waals surface area contributed by atoms with E-state index in [4.69, 9.17) is 0 Å². The highest BCUT2D eigenvalue weighted by Gasteiger charge is 2.55. The number of aromatic hydroxyl groups is 1. The van der Waals surface area contributed by atoms with Gasteiger partial charge in [0.2, 0.25) is 0 Å². The average Bonchev–Trinajstić information content (AvgIpc) is 2.65. The van der Waals surface area contributed by atoms with Crippen LogP contribution in [-0.4, -0.2) is 11.4 Å². The van der Waals surface area contributed by atoms with E-state index < -0.39 is 0 Å². The van der Waals surface area contributed by atoms with Crippen LogP contribution in [0.4, 0.5) is 0 Å². The van der Waals surface area contributed by atoms with Crippen LogP contribution >= 0.6 is 0 Å². The van der Waals surface area contributed by atoms with Crippen molar-refractivity contribution in [3.63, 3.8) is 0 Å². The van der Waals surface area contributed by atoms with Crippen molar-refractivity contribution >= 4 is 6.29 Å². The number of rotatable bonds is 3. The van der Waals surface area contributed by atoms with Crippen LogP contribution in [0, 0.1) is 35.5 Å². The van der Waals surface area contributed by atoms with Gasteiger partial charge in [0.1, 0.15) is 5.75 Å². The molecule has 0 amide bonds. The molecule has 1 aromatic carbocycles. The molecule has 0 heterocycles. The minimum Gasteiger partial charge on any atom is -0.507 e. The predicted octanol–water partition coefficient (Wildman–Crippen LogP) is 6.14. The van der Waals surface area contributed by atoms with Crippen LogP contribution in [0.3, 0.4) is 0 Å². The Balaban J connectivity index is 1.33. The van der Waals surface area contributed by atoms with Crippen molar-refractivity contribution in [2.24, 2.45) is 35.5 Å². The maximum atomic E-state index is 12.4. The summed E-state index contributed by atoms with van der Waals surface area (Å²) in [5.74, 6) is 5.48. The molecule has 0 radical (unpaired) electrons. The lowest BCUT2D eigenvalue weighted by Gasteiger charge is -2.58. The van der Waals surface area contributed by atoms with Crippen LogP contribution in [0.1, 0.15) is 98.5 Å². The molecule has 0 spiro atoms. The molecule has 8 aliphatic rings. The van der Waals surface area contributed by atoms with E-state index in [1.54, 1.807) is 0 Å². The first kappa shape index (κ1) is 17.4. The number of phenolic OH excluding ortho intramolecular Hbond substituents is 1. The molecule has 154 valence electrons. The number of aldehydes is 1. The summed E-state index contributed by atoms with van der Waals surface area (Å²) in [5, 5.41) is 11.5. The molecule has 9 rings (SSSR count). The smallest absolute Gasteiger partial charge is 0.154 e. The van der Waals surface area contributed by atoms with Crippen molar-refractivity contribution in [3.05, 3.63) is 28.8 Å². The van der Waals surface area contributed by atoms with Crippen LogP contribution in [0.25, 0.3) is 0 Å². The number of hydrogen-bond acceptors (Lipinski definition) is 2. The Morgan fingerprint density at radius 1 is 0.655 bits per heavy atom. The van der Waals surface area contributed by atoms with E-state index in [2.05, 4.69) is 12.1 Å². The second-order valence-corrected chi connectivity index (χ2v) is 12.4. The van der Waals surface area contributed by atoms with Crippen LogP contribution in [0.2, 0.25) is 0 Å². The SMILES string of the molecule is O=Cc1c(C23CC4CC(CC(C4)C2)C3)ccc(C23CC4CC(CC(C4)C2)C3)c1O. The van der Waals surface area contributed by atoms with E-state index in [-0.39, 0.29) is 10.8 Å². The summed E-state index contributed by atoms with van der Waals surface area (Å²) in [4.78, 5) is 12.4. The summed E-state index contributed by atoms with van der Waals surface area (Å²) in [6, 6.07) is 4.59. The Bertz CT molecular complexity index is 810. The van der Waals surface area contributed by atoms with E-state index in [0.717, 1.165) is 47.4 Å². The Hall–Kier alpha value is -1.31. The van der Waals surface area contributed by atoms with Gasteiger partial charge in [-0.05, 0) is 129 Å². The Morgan fingerprint density at radius 3 is 1.38 bits per heavy atom. The van der Waals surface area contributed by atoms with Gasteiger partial charge in [-0.1, -0.05) is 12.1 Å². The number of hydrogen-bond donors (Lipinski definition) is 1. The number of carbonyl (C=O) groups excluding carboxylic acids is 1. The molecule has 0 saturated heterocycles. The zero-order valence-electron chi connectivity index (χ0n) is 17.5. The Morgan fingerprint density at radius 2 is 1.00 bits per heavy atom. The monoisotopic (exact) mass is 390 g/mol. The van der Waals surface area contributed by atoms with Gasteiger partial charge in [-0.15, -0.1) is 0 Å². The molecule has 8 saturated carbocycles. The summed E-state index contributed by atoms with van der Waals surface area (Å²) in [7, 11) is 0. The van der Waals surface area contributed by atoms with E-state index in [1.165, 1.54) is 82.6 Å². The first-order valence-corrected chi connectivity index (χ1v) is 12.4. The van der Waals surface area contributed by atoms with Crippen molar-refractivity contribution in [2.75, 3.05) is 0 Å². The molecular weight excluding hydrogens is 356 g/mol. The summed E-state index contributed by atoms with van der Waals surface area (Å²) in [6.07, 6.45) is 16.9. The van der Waals surface area contributed by atoms with E-state index >= 15 is 0 Å². The third kappa shape index (κ3) is 2.32. The molecule has 8 fully saturated rings. The highest BCUT2D eigenvalue weighted by molar-refractivity contribution is 5.83. The average molecular weight is 391 g/mol. The second kappa shape index (κ2) is 5.68. The fourth-order valence-corrected chi connectivity index (χ4v) is 10.5. The standard InChI is InChI=1S/C27H34O2/c28-15-22-23(26-9-16-3-17(10-26)5-18(4-16)11-26)1-2-24(25(22)29)27-12-19-6-20(13-27)8-21(7-19)14-27/h1-2,15-21,29H,3-14H2. The first-order valence-electron chi connectivity index (χ1n) is 12.4. The Labute approximate surface area is 174 Å². The van der Waals surface area contributed by atoms with E-state index in [0.29, 0.717) is 11.3 Å². The van der Waals surface area contributed by atoms with Crippen LogP contribution in [0.15, 0.2) is 12.1 Å². The third-order valence-corrected chi connectivity index (χ3v) is 10.6. The van der Waals surface area contributed by atoms with Gasteiger partial charge in [0.25, 0.3) is 0 Å². The molecule has 2 nitrogen and oxygen atoms in total. The van der Waals surface area contributed by atoms with Gasteiger partial charge in [-0.2, -0.15) is 0 Å². The number of carbonyl (C=O) groups is 1. The topological polar surface area (TPSA) is 37.3 Å². The molecule has 0 atom stereocenters.